The van der Waals surface area contributed by atoms with Crippen LogP contribution in [0.5, 0.6) is 0 Å². The van der Waals surface area contributed by atoms with Crippen LogP contribution in [0.4, 0.5) is 4.39 Å². The van der Waals surface area contributed by atoms with Crippen LogP contribution in [0.3, 0.4) is 0 Å². The van der Waals surface area contributed by atoms with Gasteiger partial charge in [0.2, 0.25) is 0 Å². The Balaban J connectivity index is 1.88. The quantitative estimate of drug-likeness (QED) is 0.943. The lowest BCUT2D eigenvalue weighted by atomic mass is 9.90. The maximum atomic E-state index is 14.2. The topological polar surface area (TPSA) is 42.1 Å². The number of nitrogens with two attached hydrogens (primary N) is 1. The third-order valence-corrected chi connectivity index (χ3v) is 4.14. The first kappa shape index (κ1) is 14.2. The van der Waals surface area contributed by atoms with Crippen LogP contribution in [-0.2, 0) is 6.54 Å². The van der Waals surface area contributed by atoms with Crippen molar-refractivity contribution >= 4 is 0 Å². The number of likely N-dealkylation sites (tertiary alicyclic amines) is 1. The van der Waals surface area contributed by atoms with E-state index < -0.39 is 0 Å². The molecule has 0 unspecified atom stereocenters. The van der Waals surface area contributed by atoms with Crippen molar-refractivity contribution in [1.82, 2.24) is 9.88 Å². The van der Waals surface area contributed by atoms with Crippen molar-refractivity contribution in [3.63, 3.8) is 0 Å². The van der Waals surface area contributed by atoms with Crippen molar-refractivity contribution in [1.29, 1.82) is 0 Å². The Hall–Kier alpha value is -1.78. The molecule has 0 bridgehead atoms. The zero-order chi connectivity index (χ0) is 14.7. The van der Waals surface area contributed by atoms with Gasteiger partial charge in [-0.25, -0.2) is 4.39 Å². The lowest BCUT2D eigenvalue weighted by Crippen LogP contribution is -2.45. The summed E-state index contributed by atoms with van der Waals surface area (Å²) in [5.74, 6) is -0.167. The van der Waals surface area contributed by atoms with Gasteiger partial charge in [0.25, 0.3) is 0 Å². The summed E-state index contributed by atoms with van der Waals surface area (Å²) in [6, 6.07) is 10.9. The molecule has 0 spiro atoms. The molecule has 2 aromatic rings. The van der Waals surface area contributed by atoms with Crippen molar-refractivity contribution in [3.8, 4) is 0 Å². The molecule has 1 fully saturated rings. The van der Waals surface area contributed by atoms with E-state index in [0.717, 1.165) is 25.9 Å². The molecule has 0 amide bonds. The van der Waals surface area contributed by atoms with Gasteiger partial charge >= 0.3 is 0 Å². The number of benzene rings is 1. The maximum absolute atomic E-state index is 14.2. The summed E-state index contributed by atoms with van der Waals surface area (Å²) in [5.41, 5.74) is 8.19. The van der Waals surface area contributed by atoms with Gasteiger partial charge in [-0.3, -0.25) is 9.88 Å². The smallest absolute Gasteiger partial charge is 0.128 e. The van der Waals surface area contributed by atoms with Crippen LogP contribution in [0.15, 0.2) is 48.8 Å². The van der Waals surface area contributed by atoms with Crippen LogP contribution >= 0.6 is 0 Å². The minimum Gasteiger partial charge on any atom is -0.326 e. The molecule has 2 N–H and O–H groups in total. The van der Waals surface area contributed by atoms with E-state index in [-0.39, 0.29) is 17.9 Å². The summed E-state index contributed by atoms with van der Waals surface area (Å²) in [7, 11) is 0. The summed E-state index contributed by atoms with van der Waals surface area (Å²) in [4.78, 5) is 6.32. The summed E-state index contributed by atoms with van der Waals surface area (Å²) in [5, 5.41) is 0. The van der Waals surface area contributed by atoms with Gasteiger partial charge in [0, 0.05) is 30.5 Å². The molecule has 2 atom stereocenters. The summed E-state index contributed by atoms with van der Waals surface area (Å²) in [6.45, 7) is 1.71. The van der Waals surface area contributed by atoms with Crippen LogP contribution in [0.25, 0.3) is 0 Å². The maximum Gasteiger partial charge on any atom is 0.128 e. The third kappa shape index (κ3) is 3.12. The number of halogens is 1. The first-order valence-electron chi connectivity index (χ1n) is 7.38. The second-order valence-electron chi connectivity index (χ2n) is 5.60. The molecular formula is C17H20FN3. The van der Waals surface area contributed by atoms with E-state index in [1.807, 2.05) is 24.3 Å². The van der Waals surface area contributed by atoms with Gasteiger partial charge in [0.15, 0.2) is 0 Å². The Labute approximate surface area is 124 Å². The molecule has 3 nitrogen and oxygen atoms in total. The Morgan fingerprint density at radius 2 is 1.95 bits per heavy atom. The Bertz CT molecular complexity index is 588. The number of piperidine rings is 1. The van der Waals surface area contributed by atoms with E-state index in [9.17, 15) is 4.39 Å². The molecule has 0 aliphatic carbocycles. The van der Waals surface area contributed by atoms with E-state index in [1.165, 1.54) is 11.6 Å². The Morgan fingerprint density at radius 3 is 2.71 bits per heavy atom. The third-order valence-electron chi connectivity index (χ3n) is 4.14. The average molecular weight is 285 g/mol. The van der Waals surface area contributed by atoms with Crippen LogP contribution in [0.1, 0.15) is 30.0 Å². The van der Waals surface area contributed by atoms with Gasteiger partial charge in [0.05, 0.1) is 6.04 Å². The molecule has 21 heavy (non-hydrogen) atoms. The van der Waals surface area contributed by atoms with Gasteiger partial charge in [0.1, 0.15) is 5.82 Å². The largest absolute Gasteiger partial charge is 0.326 e. The second-order valence-corrected chi connectivity index (χ2v) is 5.60. The summed E-state index contributed by atoms with van der Waals surface area (Å²) < 4.78 is 14.2. The molecule has 4 heteroatoms. The monoisotopic (exact) mass is 285 g/mol. The standard InChI is InChI=1S/C17H20FN3/c18-15-5-2-1-4-14(15)17-16(19)6-3-11-21(17)12-13-7-9-20-10-8-13/h1-2,4-5,7-10,16-17H,3,6,11-12,19H2/t16-,17+/m1/s1. The highest BCUT2D eigenvalue weighted by Gasteiger charge is 2.31. The van der Waals surface area contributed by atoms with Gasteiger partial charge in [-0.05, 0) is 43.1 Å². The van der Waals surface area contributed by atoms with Crippen LogP contribution in [0, 0.1) is 5.82 Å². The summed E-state index contributed by atoms with van der Waals surface area (Å²) in [6.07, 6.45) is 5.57. The van der Waals surface area contributed by atoms with Crippen LogP contribution < -0.4 is 5.73 Å². The first-order valence-corrected chi connectivity index (χ1v) is 7.38. The second kappa shape index (κ2) is 6.33. The van der Waals surface area contributed by atoms with Gasteiger partial charge in [-0.2, -0.15) is 0 Å². The summed E-state index contributed by atoms with van der Waals surface area (Å²) >= 11 is 0. The minimum atomic E-state index is -0.167. The normalized spacial score (nSPS) is 23.1. The highest BCUT2D eigenvalue weighted by atomic mass is 19.1. The molecule has 110 valence electrons. The van der Waals surface area contributed by atoms with Crippen LogP contribution in [0.2, 0.25) is 0 Å². The predicted molar refractivity (Wildman–Crippen MR) is 81.0 cm³/mol. The number of nitrogens with zero attached hydrogens (tertiary/aromatic N) is 2. The molecular weight excluding hydrogens is 265 g/mol. The van der Waals surface area contributed by atoms with E-state index in [1.54, 1.807) is 18.5 Å². The number of hydrogen-bond acceptors (Lipinski definition) is 3. The van der Waals surface area contributed by atoms with E-state index in [0.29, 0.717) is 5.56 Å². The number of hydrogen-bond donors (Lipinski definition) is 1. The lowest BCUT2D eigenvalue weighted by molar-refractivity contribution is 0.117. The fourth-order valence-electron chi connectivity index (χ4n) is 3.14. The molecule has 1 aliphatic rings. The van der Waals surface area contributed by atoms with Crippen molar-refractivity contribution < 1.29 is 4.39 Å². The molecule has 0 radical (unpaired) electrons. The number of pyridine rings is 1. The fraction of sp³-hybridized carbons (Fsp3) is 0.353. The molecule has 1 aliphatic heterocycles. The fourth-order valence-corrected chi connectivity index (χ4v) is 3.14. The van der Waals surface area contributed by atoms with E-state index in [4.69, 9.17) is 5.73 Å². The van der Waals surface area contributed by atoms with Crippen molar-refractivity contribution in [2.45, 2.75) is 31.5 Å². The van der Waals surface area contributed by atoms with E-state index in [2.05, 4.69) is 9.88 Å². The lowest BCUT2D eigenvalue weighted by Gasteiger charge is -2.40. The van der Waals surface area contributed by atoms with Crippen molar-refractivity contribution in [3.05, 3.63) is 65.7 Å². The molecule has 0 saturated carbocycles. The molecule has 1 aromatic heterocycles. The highest BCUT2D eigenvalue weighted by molar-refractivity contribution is 5.24. The van der Waals surface area contributed by atoms with E-state index >= 15 is 0 Å². The average Bonchev–Trinajstić information content (AvgIpc) is 2.50. The SMILES string of the molecule is N[C@@H]1CCCN(Cc2ccncc2)[C@H]1c1ccccc1F. The Morgan fingerprint density at radius 1 is 1.19 bits per heavy atom. The Kier molecular flexibility index (Phi) is 4.27. The van der Waals surface area contributed by atoms with Gasteiger partial charge in [-0.15, -0.1) is 0 Å². The van der Waals surface area contributed by atoms with Crippen molar-refractivity contribution in [2.24, 2.45) is 5.73 Å². The van der Waals surface area contributed by atoms with Gasteiger partial charge in [-0.1, -0.05) is 18.2 Å². The molecule has 1 saturated heterocycles. The number of aromatic nitrogens is 1. The van der Waals surface area contributed by atoms with Crippen molar-refractivity contribution in [2.75, 3.05) is 6.54 Å². The van der Waals surface area contributed by atoms with Gasteiger partial charge < -0.3 is 5.73 Å². The highest BCUT2D eigenvalue weighted by Crippen LogP contribution is 2.32. The first-order chi connectivity index (χ1) is 10.3. The number of rotatable bonds is 3. The molecule has 3 rings (SSSR count). The zero-order valence-corrected chi connectivity index (χ0v) is 12.0. The molecule has 1 aromatic carbocycles. The minimum absolute atomic E-state index is 0.0301. The van der Waals surface area contributed by atoms with Crippen LogP contribution in [-0.4, -0.2) is 22.5 Å². The molecule has 2 heterocycles. The zero-order valence-electron chi connectivity index (χ0n) is 12.0. The predicted octanol–water partition coefficient (Wildman–Crippen LogP) is 2.89.